The third-order valence-electron chi connectivity index (χ3n) is 8.51. The Bertz CT molecular complexity index is 1310. The predicted molar refractivity (Wildman–Crippen MR) is 164 cm³/mol. The highest BCUT2D eigenvalue weighted by Gasteiger charge is 2.29. The van der Waals surface area contributed by atoms with Crippen LogP contribution in [0.5, 0.6) is 0 Å². The molecule has 1 aliphatic carbocycles. The Kier molecular flexibility index (Phi) is 8.43. The largest absolute Gasteiger partial charge is 0.334 e. The Morgan fingerprint density at radius 1 is 0.895 bits per heavy atom. The van der Waals surface area contributed by atoms with Gasteiger partial charge in [-0.25, -0.2) is 0 Å². The average molecular weight is 524 g/mol. The van der Waals surface area contributed by atoms with Crippen molar-refractivity contribution in [3.05, 3.63) is 104 Å². The number of nitrogens with zero attached hydrogens (tertiary/aromatic N) is 1. The van der Waals surface area contributed by atoms with Crippen LogP contribution >= 0.6 is 11.8 Å². The third-order valence-corrected chi connectivity index (χ3v) is 9.83. The zero-order chi connectivity index (χ0) is 26.6. The summed E-state index contributed by atoms with van der Waals surface area (Å²) in [5.74, 6) is 1.05. The van der Waals surface area contributed by atoms with Gasteiger partial charge in [0.1, 0.15) is 0 Å². The molecule has 5 rings (SSSR count). The van der Waals surface area contributed by atoms with Gasteiger partial charge in [-0.2, -0.15) is 0 Å². The number of amides is 1. The molecule has 0 saturated heterocycles. The Morgan fingerprint density at radius 3 is 2.39 bits per heavy atom. The highest BCUT2D eigenvalue weighted by Crippen LogP contribution is 2.43. The molecule has 3 heteroatoms. The van der Waals surface area contributed by atoms with Crippen LogP contribution in [-0.4, -0.2) is 23.9 Å². The van der Waals surface area contributed by atoms with E-state index in [0.717, 1.165) is 45.2 Å². The molecular formula is C35H41NOS. The van der Waals surface area contributed by atoms with Gasteiger partial charge in [-0.05, 0) is 85.6 Å². The van der Waals surface area contributed by atoms with E-state index in [1.807, 2.05) is 11.8 Å². The van der Waals surface area contributed by atoms with Crippen LogP contribution in [0.4, 0.5) is 0 Å². The van der Waals surface area contributed by atoms with Crippen LogP contribution in [0, 0.1) is 18.8 Å². The van der Waals surface area contributed by atoms with Gasteiger partial charge >= 0.3 is 0 Å². The van der Waals surface area contributed by atoms with Crippen LogP contribution in [-0.2, 0) is 4.79 Å². The van der Waals surface area contributed by atoms with Crippen molar-refractivity contribution >= 4 is 28.8 Å². The molecule has 3 aliphatic rings. The van der Waals surface area contributed by atoms with Crippen LogP contribution in [0.3, 0.4) is 0 Å². The van der Waals surface area contributed by atoms with Crippen molar-refractivity contribution in [2.45, 2.75) is 66.2 Å². The zero-order valence-electron chi connectivity index (χ0n) is 23.4. The molecule has 0 radical (unpaired) electrons. The second kappa shape index (κ2) is 11.9. The van der Waals surface area contributed by atoms with E-state index >= 15 is 0 Å². The lowest BCUT2D eigenvalue weighted by atomic mass is 9.75. The molecule has 0 aromatic heterocycles. The molecule has 0 fully saturated rings. The average Bonchev–Trinajstić information content (AvgIpc) is 3.28. The topological polar surface area (TPSA) is 20.3 Å². The fourth-order valence-corrected chi connectivity index (χ4v) is 7.27. The maximum absolute atomic E-state index is 13.3. The lowest BCUT2D eigenvalue weighted by Gasteiger charge is -2.29. The summed E-state index contributed by atoms with van der Waals surface area (Å²) >= 11 is 1.90. The van der Waals surface area contributed by atoms with Crippen LogP contribution in [0.1, 0.15) is 76.0 Å². The van der Waals surface area contributed by atoms with Gasteiger partial charge in [-0.3, -0.25) is 4.79 Å². The summed E-state index contributed by atoms with van der Waals surface area (Å²) < 4.78 is 0. The minimum Gasteiger partial charge on any atom is -0.334 e. The van der Waals surface area contributed by atoms with Crippen molar-refractivity contribution in [2.75, 3.05) is 13.1 Å². The van der Waals surface area contributed by atoms with Gasteiger partial charge in [-0.15, -0.1) is 0 Å². The van der Waals surface area contributed by atoms with E-state index in [0.29, 0.717) is 24.2 Å². The normalized spacial score (nSPS) is 21.7. The van der Waals surface area contributed by atoms with E-state index in [2.05, 4.69) is 99.3 Å². The Balaban J connectivity index is 1.29. The van der Waals surface area contributed by atoms with E-state index in [4.69, 9.17) is 0 Å². The van der Waals surface area contributed by atoms with Crippen LogP contribution in [0.15, 0.2) is 87.7 Å². The van der Waals surface area contributed by atoms with E-state index < -0.39 is 0 Å². The van der Waals surface area contributed by atoms with Gasteiger partial charge < -0.3 is 4.90 Å². The quantitative estimate of drug-likeness (QED) is 0.360. The number of allylic oxidation sites excluding steroid dienone is 6. The molecule has 38 heavy (non-hydrogen) atoms. The fraction of sp³-hybridized carbons (Fsp3) is 0.400. The van der Waals surface area contributed by atoms with Gasteiger partial charge in [0, 0.05) is 29.7 Å². The lowest BCUT2D eigenvalue weighted by molar-refractivity contribution is -0.130. The summed E-state index contributed by atoms with van der Waals surface area (Å²) in [4.78, 5) is 18.2. The van der Waals surface area contributed by atoms with Gasteiger partial charge in [0.2, 0.25) is 5.91 Å². The van der Waals surface area contributed by atoms with Gasteiger partial charge in [0.05, 0.1) is 6.54 Å². The zero-order valence-corrected chi connectivity index (χ0v) is 24.2. The minimum absolute atomic E-state index is 0.312. The van der Waals surface area contributed by atoms with E-state index in [1.165, 1.54) is 48.8 Å². The number of rotatable bonds is 7. The van der Waals surface area contributed by atoms with Gasteiger partial charge in [-0.1, -0.05) is 96.6 Å². The van der Waals surface area contributed by atoms with E-state index in [-0.39, 0.29) is 0 Å². The van der Waals surface area contributed by atoms with Crippen molar-refractivity contribution in [1.29, 1.82) is 0 Å². The molecule has 2 nitrogen and oxygen atoms in total. The standard InChI is InChI=1S/C35H41NOS/c1-5-27-20-33(28-12-7-6-8-13-28)30(21-32(27)29-14-9-11-24(2)19-29)15-10-16-35(37)36-22-31-18-17-25(3)26(4)38-34(31)23-36/h6-9,11-14,19-21,27,30H,5,10,15-18,22-23H2,1-4H3. The fourth-order valence-electron chi connectivity index (χ4n) is 6.09. The van der Waals surface area contributed by atoms with Gasteiger partial charge in [0.25, 0.3) is 0 Å². The summed E-state index contributed by atoms with van der Waals surface area (Å²) in [6.45, 7) is 10.6. The number of hydrogen-bond donors (Lipinski definition) is 0. The number of benzene rings is 2. The second-order valence-corrected chi connectivity index (χ2v) is 12.5. The molecule has 0 saturated carbocycles. The Morgan fingerprint density at radius 2 is 1.63 bits per heavy atom. The third kappa shape index (κ3) is 5.94. The maximum atomic E-state index is 13.3. The first-order chi connectivity index (χ1) is 18.4. The first-order valence-corrected chi connectivity index (χ1v) is 15.1. The molecule has 2 unspecified atom stereocenters. The highest BCUT2D eigenvalue weighted by molar-refractivity contribution is 8.06. The highest BCUT2D eigenvalue weighted by atomic mass is 32.2. The molecule has 2 heterocycles. The summed E-state index contributed by atoms with van der Waals surface area (Å²) in [6, 6.07) is 19.8. The van der Waals surface area contributed by atoms with Crippen LogP contribution in [0.25, 0.3) is 11.1 Å². The monoisotopic (exact) mass is 523 g/mol. The van der Waals surface area contributed by atoms with Crippen molar-refractivity contribution in [2.24, 2.45) is 11.8 Å². The summed E-state index contributed by atoms with van der Waals surface area (Å²) in [6.07, 6.45) is 10.9. The molecule has 0 spiro atoms. The predicted octanol–water partition coefficient (Wildman–Crippen LogP) is 9.21. The lowest BCUT2D eigenvalue weighted by Crippen LogP contribution is -2.29. The van der Waals surface area contributed by atoms with E-state index in [1.54, 1.807) is 0 Å². The summed E-state index contributed by atoms with van der Waals surface area (Å²) in [7, 11) is 0. The number of aryl methyl sites for hydroxylation is 1. The summed E-state index contributed by atoms with van der Waals surface area (Å²) in [5, 5.41) is 0. The number of carbonyl (C=O) groups is 1. The maximum Gasteiger partial charge on any atom is 0.223 e. The second-order valence-electron chi connectivity index (χ2n) is 11.2. The molecular weight excluding hydrogens is 482 g/mol. The van der Waals surface area contributed by atoms with Crippen LogP contribution < -0.4 is 0 Å². The van der Waals surface area contributed by atoms with Crippen LogP contribution in [0.2, 0.25) is 0 Å². The number of thioether (sulfide) groups is 1. The molecule has 0 N–H and O–H groups in total. The van der Waals surface area contributed by atoms with E-state index in [9.17, 15) is 4.79 Å². The molecule has 1 amide bonds. The number of carbonyl (C=O) groups excluding carboxylic acids is 1. The molecule has 2 aliphatic heterocycles. The van der Waals surface area contributed by atoms with Crippen molar-refractivity contribution in [3.8, 4) is 0 Å². The Labute approximate surface area is 233 Å². The first-order valence-electron chi connectivity index (χ1n) is 14.3. The van der Waals surface area contributed by atoms with Gasteiger partial charge in [0.15, 0.2) is 0 Å². The SMILES string of the molecule is CCC1C=C(c2ccccc2)C(CCCC(=O)N2CC3=C(C2)SC(C)=C(C)CC3)C=C1c1cccc(C)c1. The number of hydrogen-bond acceptors (Lipinski definition) is 2. The van der Waals surface area contributed by atoms with Crippen molar-refractivity contribution in [3.63, 3.8) is 0 Å². The molecule has 198 valence electrons. The first kappa shape index (κ1) is 26.8. The summed E-state index contributed by atoms with van der Waals surface area (Å²) in [5.41, 5.74) is 9.79. The van der Waals surface area contributed by atoms with Crippen molar-refractivity contribution in [1.82, 2.24) is 4.90 Å². The molecule has 0 bridgehead atoms. The minimum atomic E-state index is 0.312. The Hall–Kier alpha value is -2.78. The molecule has 2 aromatic rings. The smallest absolute Gasteiger partial charge is 0.223 e. The molecule has 2 atom stereocenters. The molecule has 2 aromatic carbocycles. The van der Waals surface area contributed by atoms with Crippen molar-refractivity contribution < 1.29 is 4.79 Å².